The molecule has 2 aromatic carbocycles. The van der Waals surface area contributed by atoms with Crippen molar-refractivity contribution in [1.29, 1.82) is 0 Å². The van der Waals surface area contributed by atoms with Gasteiger partial charge in [-0.15, -0.1) is 0 Å². The van der Waals surface area contributed by atoms with Crippen molar-refractivity contribution in [3.05, 3.63) is 65.2 Å². The molecule has 25 heavy (non-hydrogen) atoms. The Morgan fingerprint density at radius 1 is 1.16 bits per heavy atom. The molecule has 4 nitrogen and oxygen atoms in total. The van der Waals surface area contributed by atoms with Gasteiger partial charge in [0, 0.05) is 12.2 Å². The van der Waals surface area contributed by atoms with E-state index in [4.69, 9.17) is 10.5 Å². The van der Waals surface area contributed by atoms with Crippen LogP contribution in [0.25, 0.3) is 0 Å². The van der Waals surface area contributed by atoms with Crippen molar-refractivity contribution in [1.82, 2.24) is 5.32 Å². The fraction of sp³-hybridized carbons (Fsp3) is 0.278. The zero-order valence-corrected chi connectivity index (χ0v) is 13.6. The lowest BCUT2D eigenvalue weighted by molar-refractivity contribution is -0.143. The van der Waals surface area contributed by atoms with Gasteiger partial charge in [-0.1, -0.05) is 30.3 Å². The van der Waals surface area contributed by atoms with E-state index in [1.807, 2.05) is 0 Å². The second-order valence-corrected chi connectivity index (χ2v) is 5.56. The number of methoxy groups -OCH3 is 1. The van der Waals surface area contributed by atoms with Gasteiger partial charge in [-0.2, -0.15) is 13.2 Å². The number of nitrogen functional groups attached to an aromatic ring is 1. The number of hydrogen-bond donors (Lipinski definition) is 2. The number of carbonyl (C=O) groups is 1. The van der Waals surface area contributed by atoms with Gasteiger partial charge in [-0.25, -0.2) is 0 Å². The second-order valence-electron chi connectivity index (χ2n) is 5.56. The van der Waals surface area contributed by atoms with Crippen LogP contribution in [0.15, 0.2) is 48.5 Å². The van der Waals surface area contributed by atoms with Crippen LogP contribution >= 0.6 is 0 Å². The third kappa shape index (κ3) is 5.22. The van der Waals surface area contributed by atoms with Gasteiger partial charge in [0.25, 0.3) is 0 Å². The maximum absolute atomic E-state index is 13.1. The topological polar surface area (TPSA) is 64.3 Å². The summed E-state index contributed by atoms with van der Waals surface area (Å²) >= 11 is 0. The maximum Gasteiger partial charge on any atom is 0.416 e. The van der Waals surface area contributed by atoms with Gasteiger partial charge in [0.15, 0.2) is 0 Å². The Hall–Kier alpha value is -2.54. The Bertz CT molecular complexity index is 715. The van der Waals surface area contributed by atoms with Crippen LogP contribution in [-0.2, 0) is 28.7 Å². The summed E-state index contributed by atoms with van der Waals surface area (Å²) in [7, 11) is 1.24. The minimum atomic E-state index is -4.45. The summed E-state index contributed by atoms with van der Waals surface area (Å²) in [5.41, 5.74) is 6.38. The van der Waals surface area contributed by atoms with Crippen LogP contribution in [0.4, 0.5) is 18.9 Å². The molecule has 0 saturated heterocycles. The van der Waals surface area contributed by atoms with Crippen LogP contribution < -0.4 is 11.1 Å². The van der Waals surface area contributed by atoms with Gasteiger partial charge in [-0.05, 0) is 35.7 Å². The van der Waals surface area contributed by atoms with Gasteiger partial charge in [0.05, 0.1) is 12.7 Å². The standard InChI is InChI=1S/C18H19F3N2O2/c1-25-17(24)16(10-12-6-8-14(22)9-7-12)23-11-13-4-2-3-5-15(13)18(19,20)21/h2-9,16,23H,10-11,22H2,1H3. The Kier molecular flexibility index (Phi) is 6.03. The van der Waals surface area contributed by atoms with E-state index in [-0.39, 0.29) is 18.5 Å². The molecule has 0 heterocycles. The molecule has 0 amide bonds. The van der Waals surface area contributed by atoms with E-state index >= 15 is 0 Å². The molecule has 0 aromatic heterocycles. The third-order valence-corrected chi connectivity index (χ3v) is 3.77. The Balaban J connectivity index is 2.13. The molecule has 2 rings (SSSR count). The van der Waals surface area contributed by atoms with E-state index in [0.29, 0.717) is 5.69 Å². The number of benzene rings is 2. The largest absolute Gasteiger partial charge is 0.468 e. The number of halogens is 3. The number of ether oxygens (including phenoxy) is 1. The van der Waals surface area contributed by atoms with Crippen molar-refractivity contribution >= 4 is 11.7 Å². The Labute approximate surface area is 143 Å². The van der Waals surface area contributed by atoms with E-state index in [1.165, 1.54) is 25.3 Å². The first kappa shape index (κ1) is 18.8. The van der Waals surface area contributed by atoms with Crippen LogP contribution in [0.5, 0.6) is 0 Å². The summed E-state index contributed by atoms with van der Waals surface area (Å²) in [4.78, 5) is 12.0. The molecule has 7 heteroatoms. The van der Waals surface area contributed by atoms with Gasteiger partial charge in [-0.3, -0.25) is 10.1 Å². The highest BCUT2D eigenvalue weighted by Crippen LogP contribution is 2.31. The lowest BCUT2D eigenvalue weighted by Gasteiger charge is -2.19. The molecule has 0 aliphatic rings. The minimum Gasteiger partial charge on any atom is -0.468 e. The number of esters is 1. The average molecular weight is 352 g/mol. The number of alkyl halides is 3. The molecule has 0 aliphatic heterocycles. The van der Waals surface area contributed by atoms with Gasteiger partial charge in [0.2, 0.25) is 0 Å². The molecule has 0 saturated carbocycles. The number of anilines is 1. The smallest absolute Gasteiger partial charge is 0.416 e. The summed E-state index contributed by atoms with van der Waals surface area (Å²) < 4.78 is 43.9. The fourth-order valence-electron chi connectivity index (χ4n) is 2.45. The summed E-state index contributed by atoms with van der Waals surface area (Å²) in [5.74, 6) is -0.540. The monoisotopic (exact) mass is 352 g/mol. The van der Waals surface area contributed by atoms with Crippen molar-refractivity contribution in [2.24, 2.45) is 0 Å². The predicted octanol–water partition coefficient (Wildman–Crippen LogP) is 3.16. The molecule has 134 valence electrons. The molecular weight excluding hydrogens is 333 g/mol. The first-order valence-corrected chi connectivity index (χ1v) is 7.62. The number of hydrogen-bond acceptors (Lipinski definition) is 4. The number of nitrogens with two attached hydrogens (primary N) is 1. The minimum absolute atomic E-state index is 0.0706. The molecule has 0 spiro atoms. The Morgan fingerprint density at radius 2 is 1.80 bits per heavy atom. The van der Waals surface area contributed by atoms with E-state index in [0.717, 1.165) is 11.6 Å². The molecule has 0 bridgehead atoms. The van der Waals surface area contributed by atoms with Crippen LogP contribution in [0, 0.1) is 0 Å². The lowest BCUT2D eigenvalue weighted by atomic mass is 10.0. The number of nitrogens with one attached hydrogen (secondary N) is 1. The van der Waals surface area contributed by atoms with Crippen LogP contribution in [0.3, 0.4) is 0 Å². The SMILES string of the molecule is COC(=O)C(Cc1ccc(N)cc1)NCc1ccccc1C(F)(F)F. The Morgan fingerprint density at radius 3 is 2.40 bits per heavy atom. The van der Waals surface area contributed by atoms with E-state index in [9.17, 15) is 18.0 Å². The van der Waals surface area contributed by atoms with Gasteiger partial charge in [0.1, 0.15) is 6.04 Å². The number of rotatable bonds is 6. The molecule has 0 fully saturated rings. The highest BCUT2D eigenvalue weighted by atomic mass is 19.4. The van der Waals surface area contributed by atoms with Crippen molar-refractivity contribution in [2.45, 2.75) is 25.2 Å². The molecule has 1 unspecified atom stereocenters. The average Bonchev–Trinajstić information content (AvgIpc) is 2.59. The molecule has 0 aliphatic carbocycles. The van der Waals surface area contributed by atoms with Crippen LogP contribution in [-0.4, -0.2) is 19.1 Å². The predicted molar refractivity (Wildman–Crippen MR) is 88.6 cm³/mol. The lowest BCUT2D eigenvalue weighted by Crippen LogP contribution is -2.39. The maximum atomic E-state index is 13.1. The van der Waals surface area contributed by atoms with E-state index in [2.05, 4.69) is 5.32 Å². The summed E-state index contributed by atoms with van der Waals surface area (Å²) in [6, 6.07) is 11.4. The number of carbonyl (C=O) groups excluding carboxylic acids is 1. The van der Waals surface area contributed by atoms with Crippen molar-refractivity contribution in [3.8, 4) is 0 Å². The summed E-state index contributed by atoms with van der Waals surface area (Å²) in [5, 5.41) is 2.86. The normalized spacial score (nSPS) is 12.6. The molecule has 2 aromatic rings. The van der Waals surface area contributed by atoms with E-state index < -0.39 is 23.8 Å². The highest BCUT2D eigenvalue weighted by molar-refractivity contribution is 5.76. The first-order valence-electron chi connectivity index (χ1n) is 7.62. The highest BCUT2D eigenvalue weighted by Gasteiger charge is 2.33. The van der Waals surface area contributed by atoms with Crippen LogP contribution in [0.1, 0.15) is 16.7 Å². The molecule has 1 atom stereocenters. The van der Waals surface area contributed by atoms with Gasteiger partial charge >= 0.3 is 12.1 Å². The first-order chi connectivity index (χ1) is 11.8. The van der Waals surface area contributed by atoms with Crippen LogP contribution in [0.2, 0.25) is 0 Å². The third-order valence-electron chi connectivity index (χ3n) is 3.77. The van der Waals surface area contributed by atoms with Crippen molar-refractivity contribution in [3.63, 3.8) is 0 Å². The van der Waals surface area contributed by atoms with E-state index in [1.54, 1.807) is 24.3 Å². The molecule has 0 radical (unpaired) electrons. The van der Waals surface area contributed by atoms with Gasteiger partial charge < -0.3 is 10.5 Å². The fourth-order valence-corrected chi connectivity index (χ4v) is 2.45. The molecule has 3 N–H and O–H groups in total. The second kappa shape index (κ2) is 8.02. The van der Waals surface area contributed by atoms with Crippen molar-refractivity contribution in [2.75, 3.05) is 12.8 Å². The zero-order chi connectivity index (χ0) is 18.4. The summed E-state index contributed by atoms with van der Waals surface area (Å²) in [6.07, 6.45) is -4.17. The van der Waals surface area contributed by atoms with Crippen molar-refractivity contribution < 1.29 is 22.7 Å². The molecular formula is C18H19F3N2O2. The zero-order valence-electron chi connectivity index (χ0n) is 13.6. The quantitative estimate of drug-likeness (QED) is 0.619. The summed E-state index contributed by atoms with van der Waals surface area (Å²) in [6.45, 7) is -0.107.